The standard InChI is InChI=1S/C17H26O2/c1-2-3-4-5-6-7-8-14-9-10-15-11-12-17(18)19-16(15)13-14/h9-10,13,17-18H,2-8,11-12H2,1H3. The highest BCUT2D eigenvalue weighted by molar-refractivity contribution is 5.39. The molecule has 0 saturated heterocycles. The van der Waals surface area contributed by atoms with Crippen molar-refractivity contribution in [3.63, 3.8) is 0 Å². The van der Waals surface area contributed by atoms with E-state index in [0.29, 0.717) is 6.42 Å². The molecule has 1 aliphatic rings. The summed E-state index contributed by atoms with van der Waals surface area (Å²) in [5, 5.41) is 9.52. The third kappa shape index (κ3) is 4.54. The summed E-state index contributed by atoms with van der Waals surface area (Å²) >= 11 is 0. The molecule has 1 N–H and O–H groups in total. The van der Waals surface area contributed by atoms with Crippen LogP contribution in [0.1, 0.15) is 63.0 Å². The van der Waals surface area contributed by atoms with Crippen molar-refractivity contribution in [1.82, 2.24) is 0 Å². The van der Waals surface area contributed by atoms with Crippen LogP contribution < -0.4 is 4.74 Å². The minimum atomic E-state index is -0.614. The molecular weight excluding hydrogens is 236 g/mol. The van der Waals surface area contributed by atoms with Crippen molar-refractivity contribution in [1.29, 1.82) is 0 Å². The SMILES string of the molecule is CCCCCCCCc1ccc2c(c1)OC(O)CC2. The van der Waals surface area contributed by atoms with E-state index >= 15 is 0 Å². The molecule has 0 saturated carbocycles. The van der Waals surface area contributed by atoms with E-state index in [0.717, 1.165) is 18.6 Å². The molecule has 0 aliphatic carbocycles. The van der Waals surface area contributed by atoms with Gasteiger partial charge in [-0.15, -0.1) is 0 Å². The summed E-state index contributed by atoms with van der Waals surface area (Å²) < 4.78 is 5.49. The third-order valence-corrected chi connectivity index (χ3v) is 3.87. The Morgan fingerprint density at radius 1 is 1.16 bits per heavy atom. The fourth-order valence-electron chi connectivity index (χ4n) is 2.66. The second kappa shape index (κ2) is 7.54. The van der Waals surface area contributed by atoms with Crippen LogP contribution in [0.25, 0.3) is 0 Å². The lowest BCUT2D eigenvalue weighted by atomic mass is 10.00. The monoisotopic (exact) mass is 262 g/mol. The van der Waals surface area contributed by atoms with Gasteiger partial charge in [0.1, 0.15) is 5.75 Å². The Morgan fingerprint density at radius 2 is 1.95 bits per heavy atom. The second-order valence-electron chi connectivity index (χ2n) is 5.57. The number of aliphatic hydroxyl groups excluding tert-OH is 1. The zero-order valence-corrected chi connectivity index (χ0v) is 12.0. The van der Waals surface area contributed by atoms with E-state index in [4.69, 9.17) is 4.74 Å². The number of aryl methyl sites for hydroxylation is 2. The van der Waals surface area contributed by atoms with Gasteiger partial charge in [-0.05, 0) is 36.5 Å². The summed E-state index contributed by atoms with van der Waals surface area (Å²) in [5.41, 5.74) is 2.57. The van der Waals surface area contributed by atoms with Crippen molar-refractivity contribution in [2.24, 2.45) is 0 Å². The lowest BCUT2D eigenvalue weighted by Crippen LogP contribution is -2.21. The zero-order chi connectivity index (χ0) is 13.5. The maximum atomic E-state index is 9.52. The van der Waals surface area contributed by atoms with Crippen LogP contribution in [0, 0.1) is 0 Å². The van der Waals surface area contributed by atoms with Gasteiger partial charge in [0.2, 0.25) is 0 Å². The first kappa shape index (κ1) is 14.4. The van der Waals surface area contributed by atoms with Gasteiger partial charge >= 0.3 is 0 Å². The summed E-state index contributed by atoms with van der Waals surface area (Å²) in [6, 6.07) is 6.49. The molecule has 0 radical (unpaired) electrons. The molecule has 0 bridgehead atoms. The molecule has 2 heteroatoms. The summed E-state index contributed by atoms with van der Waals surface area (Å²) in [7, 11) is 0. The summed E-state index contributed by atoms with van der Waals surface area (Å²) in [6.07, 6.45) is 10.1. The average Bonchev–Trinajstić information content (AvgIpc) is 2.42. The van der Waals surface area contributed by atoms with Gasteiger partial charge in [-0.25, -0.2) is 0 Å². The zero-order valence-electron chi connectivity index (χ0n) is 12.0. The van der Waals surface area contributed by atoms with Crippen LogP contribution in [0.2, 0.25) is 0 Å². The van der Waals surface area contributed by atoms with Crippen LogP contribution in [0.4, 0.5) is 0 Å². The first-order valence-electron chi connectivity index (χ1n) is 7.76. The van der Waals surface area contributed by atoms with Crippen LogP contribution >= 0.6 is 0 Å². The molecule has 0 aromatic heterocycles. The minimum absolute atomic E-state index is 0.614. The minimum Gasteiger partial charge on any atom is -0.465 e. The molecule has 0 amide bonds. The van der Waals surface area contributed by atoms with Crippen LogP contribution in [0.15, 0.2) is 18.2 Å². The fourth-order valence-corrected chi connectivity index (χ4v) is 2.66. The van der Waals surface area contributed by atoms with Crippen LogP contribution in [0.3, 0.4) is 0 Å². The third-order valence-electron chi connectivity index (χ3n) is 3.87. The largest absolute Gasteiger partial charge is 0.465 e. The Morgan fingerprint density at radius 3 is 2.79 bits per heavy atom. The van der Waals surface area contributed by atoms with Crippen molar-refractivity contribution in [2.45, 2.75) is 71.0 Å². The molecule has 1 heterocycles. The van der Waals surface area contributed by atoms with Crippen molar-refractivity contribution < 1.29 is 9.84 Å². The number of rotatable bonds is 7. The van der Waals surface area contributed by atoms with E-state index in [-0.39, 0.29) is 0 Å². The average molecular weight is 262 g/mol. The lowest BCUT2D eigenvalue weighted by Gasteiger charge is -2.22. The number of hydrogen-bond acceptors (Lipinski definition) is 2. The molecule has 1 aliphatic heterocycles. The van der Waals surface area contributed by atoms with Crippen LogP contribution in [-0.4, -0.2) is 11.4 Å². The van der Waals surface area contributed by atoms with E-state index in [1.807, 2.05) is 0 Å². The van der Waals surface area contributed by atoms with Gasteiger partial charge in [-0.3, -0.25) is 0 Å². The summed E-state index contributed by atoms with van der Waals surface area (Å²) in [4.78, 5) is 0. The number of ether oxygens (including phenoxy) is 1. The lowest BCUT2D eigenvalue weighted by molar-refractivity contribution is -0.0316. The first-order chi connectivity index (χ1) is 9.29. The Kier molecular flexibility index (Phi) is 5.71. The number of aliphatic hydroxyl groups is 1. The van der Waals surface area contributed by atoms with E-state index in [1.165, 1.54) is 49.7 Å². The van der Waals surface area contributed by atoms with Gasteiger partial charge in [0, 0.05) is 6.42 Å². The van der Waals surface area contributed by atoms with E-state index in [9.17, 15) is 5.11 Å². The van der Waals surface area contributed by atoms with Gasteiger partial charge in [0.05, 0.1) is 0 Å². The van der Waals surface area contributed by atoms with Crippen LogP contribution in [0.5, 0.6) is 5.75 Å². The molecule has 1 atom stereocenters. The first-order valence-corrected chi connectivity index (χ1v) is 7.76. The Hall–Kier alpha value is -1.02. The molecule has 19 heavy (non-hydrogen) atoms. The number of unbranched alkanes of at least 4 members (excludes halogenated alkanes) is 5. The fraction of sp³-hybridized carbons (Fsp3) is 0.647. The molecule has 0 spiro atoms. The van der Waals surface area contributed by atoms with Gasteiger partial charge in [0.25, 0.3) is 0 Å². The van der Waals surface area contributed by atoms with Crippen molar-refractivity contribution in [2.75, 3.05) is 0 Å². The maximum absolute atomic E-state index is 9.52. The normalized spacial score (nSPS) is 17.9. The van der Waals surface area contributed by atoms with Gasteiger partial charge < -0.3 is 9.84 Å². The van der Waals surface area contributed by atoms with E-state index in [2.05, 4.69) is 25.1 Å². The van der Waals surface area contributed by atoms with Crippen molar-refractivity contribution in [3.05, 3.63) is 29.3 Å². The highest BCUT2D eigenvalue weighted by atomic mass is 16.6. The summed E-state index contributed by atoms with van der Waals surface area (Å²) in [6.45, 7) is 2.25. The number of benzene rings is 1. The number of fused-ring (bicyclic) bond motifs is 1. The second-order valence-corrected chi connectivity index (χ2v) is 5.57. The van der Waals surface area contributed by atoms with E-state index < -0.39 is 6.29 Å². The Labute approximate surface area is 116 Å². The predicted octanol–water partition coefficient (Wildman–Crippen LogP) is 4.23. The van der Waals surface area contributed by atoms with Gasteiger partial charge in [0.15, 0.2) is 6.29 Å². The highest BCUT2D eigenvalue weighted by Crippen LogP contribution is 2.28. The van der Waals surface area contributed by atoms with Gasteiger partial charge in [-0.1, -0.05) is 51.2 Å². The summed E-state index contributed by atoms with van der Waals surface area (Å²) in [5.74, 6) is 0.891. The maximum Gasteiger partial charge on any atom is 0.197 e. The molecule has 1 unspecified atom stereocenters. The molecule has 2 nitrogen and oxygen atoms in total. The highest BCUT2D eigenvalue weighted by Gasteiger charge is 2.17. The Bertz CT molecular complexity index is 387. The van der Waals surface area contributed by atoms with E-state index in [1.54, 1.807) is 0 Å². The number of hydrogen-bond donors (Lipinski definition) is 1. The molecule has 0 fully saturated rings. The molecular formula is C17H26O2. The predicted molar refractivity (Wildman–Crippen MR) is 78.5 cm³/mol. The molecule has 1 aromatic rings. The van der Waals surface area contributed by atoms with Crippen molar-refractivity contribution in [3.8, 4) is 5.75 Å². The Balaban J connectivity index is 1.77. The van der Waals surface area contributed by atoms with Crippen LogP contribution in [-0.2, 0) is 12.8 Å². The molecule has 106 valence electrons. The molecule has 2 rings (SSSR count). The van der Waals surface area contributed by atoms with Gasteiger partial charge in [-0.2, -0.15) is 0 Å². The molecule has 1 aromatic carbocycles. The topological polar surface area (TPSA) is 29.5 Å². The quantitative estimate of drug-likeness (QED) is 0.745. The van der Waals surface area contributed by atoms with Crippen molar-refractivity contribution >= 4 is 0 Å². The smallest absolute Gasteiger partial charge is 0.197 e.